The van der Waals surface area contributed by atoms with Crippen molar-refractivity contribution in [1.29, 1.82) is 0 Å². The maximum absolute atomic E-state index is 9.53. The van der Waals surface area contributed by atoms with Crippen LogP contribution in [0.1, 0.15) is 27.2 Å². The number of aromatic hydroxyl groups is 1. The highest BCUT2D eigenvalue weighted by Gasteiger charge is 2.33. The van der Waals surface area contributed by atoms with Gasteiger partial charge in [0.2, 0.25) is 0 Å². The summed E-state index contributed by atoms with van der Waals surface area (Å²) in [5, 5.41) is 13.6. The summed E-state index contributed by atoms with van der Waals surface area (Å²) in [5.41, 5.74) is 0.967. The normalized spacial score (nSPS) is 23.4. The highest BCUT2D eigenvalue weighted by molar-refractivity contribution is 7.80. The van der Waals surface area contributed by atoms with Crippen LogP contribution < -0.4 is 10.2 Å². The lowest BCUT2D eigenvalue weighted by atomic mass is 9.93. The predicted molar refractivity (Wildman–Crippen MR) is 74.5 cm³/mol. The summed E-state index contributed by atoms with van der Waals surface area (Å²) in [4.78, 5) is 2.06. The lowest BCUT2D eigenvalue weighted by molar-refractivity contribution is 0.367. The Hall–Kier alpha value is -1.29. The van der Waals surface area contributed by atoms with Gasteiger partial charge in [-0.05, 0) is 51.5 Å². The first-order valence-electron chi connectivity index (χ1n) is 5.79. The first kappa shape index (κ1) is 12.2. The number of benzene rings is 1. The Morgan fingerprint density at radius 3 is 2.76 bits per heavy atom. The summed E-state index contributed by atoms with van der Waals surface area (Å²) in [6.45, 7) is 6.45. The van der Waals surface area contributed by atoms with Crippen molar-refractivity contribution in [2.75, 3.05) is 4.90 Å². The maximum Gasteiger partial charge on any atom is 0.174 e. The molecule has 3 nitrogen and oxygen atoms in total. The molecule has 1 aromatic carbocycles. The predicted octanol–water partition coefficient (Wildman–Crippen LogP) is 2.64. The third-order valence-electron chi connectivity index (χ3n) is 3.02. The Bertz CT molecular complexity index is 445. The molecule has 2 N–H and O–H groups in total. The van der Waals surface area contributed by atoms with Gasteiger partial charge in [0.05, 0.1) is 0 Å². The van der Waals surface area contributed by atoms with Crippen molar-refractivity contribution >= 4 is 23.0 Å². The van der Waals surface area contributed by atoms with E-state index < -0.39 is 0 Å². The lowest BCUT2D eigenvalue weighted by Crippen LogP contribution is -2.60. The Balaban J connectivity index is 2.30. The van der Waals surface area contributed by atoms with Gasteiger partial charge in [0.25, 0.3) is 0 Å². The van der Waals surface area contributed by atoms with Gasteiger partial charge in [-0.3, -0.25) is 0 Å². The van der Waals surface area contributed by atoms with Crippen LogP contribution in [0.15, 0.2) is 24.3 Å². The first-order valence-corrected chi connectivity index (χ1v) is 6.20. The fourth-order valence-corrected chi connectivity index (χ4v) is 3.01. The van der Waals surface area contributed by atoms with E-state index in [1.807, 2.05) is 12.1 Å². The molecule has 0 aromatic heterocycles. The molecule has 0 aliphatic carbocycles. The molecule has 1 unspecified atom stereocenters. The minimum atomic E-state index is 0.0316. The third-order valence-corrected chi connectivity index (χ3v) is 3.32. The van der Waals surface area contributed by atoms with E-state index >= 15 is 0 Å². The lowest BCUT2D eigenvalue weighted by Gasteiger charge is -2.44. The van der Waals surface area contributed by atoms with Crippen LogP contribution in [-0.2, 0) is 0 Å². The SMILES string of the molecule is CC1CC(C)(C)NC(=S)N1c1cccc(O)c1. The smallest absolute Gasteiger partial charge is 0.174 e. The zero-order valence-electron chi connectivity index (χ0n) is 10.4. The summed E-state index contributed by atoms with van der Waals surface area (Å²) in [6, 6.07) is 7.52. The van der Waals surface area contributed by atoms with Gasteiger partial charge in [-0.2, -0.15) is 0 Å². The van der Waals surface area contributed by atoms with Crippen molar-refractivity contribution in [2.45, 2.75) is 38.8 Å². The molecule has 0 saturated carbocycles. The number of hydrogen-bond donors (Lipinski definition) is 2. The van der Waals surface area contributed by atoms with Crippen LogP contribution in [0.3, 0.4) is 0 Å². The van der Waals surface area contributed by atoms with Crippen molar-refractivity contribution in [2.24, 2.45) is 0 Å². The van der Waals surface area contributed by atoms with Gasteiger partial charge < -0.3 is 15.3 Å². The topological polar surface area (TPSA) is 35.5 Å². The number of thiocarbonyl (C=S) groups is 1. The van der Waals surface area contributed by atoms with Crippen molar-refractivity contribution < 1.29 is 5.11 Å². The molecule has 1 saturated heterocycles. The summed E-state index contributed by atoms with van der Waals surface area (Å²) >= 11 is 5.41. The van der Waals surface area contributed by atoms with Gasteiger partial charge in [0.15, 0.2) is 5.11 Å². The second-order valence-electron chi connectivity index (χ2n) is 5.26. The molecule has 1 fully saturated rings. The van der Waals surface area contributed by atoms with E-state index in [9.17, 15) is 5.11 Å². The second-order valence-corrected chi connectivity index (χ2v) is 5.64. The minimum absolute atomic E-state index is 0.0316. The Morgan fingerprint density at radius 1 is 1.47 bits per heavy atom. The molecule has 92 valence electrons. The number of nitrogens with zero attached hydrogens (tertiary/aromatic N) is 1. The first-order chi connectivity index (χ1) is 7.89. The van der Waals surface area contributed by atoms with Gasteiger partial charge in [-0.15, -0.1) is 0 Å². The van der Waals surface area contributed by atoms with Gasteiger partial charge in [0, 0.05) is 23.3 Å². The van der Waals surface area contributed by atoms with E-state index in [1.165, 1.54) is 0 Å². The van der Waals surface area contributed by atoms with Crippen LogP contribution in [0.25, 0.3) is 0 Å². The molecule has 0 bridgehead atoms. The molecule has 0 spiro atoms. The van der Waals surface area contributed by atoms with E-state index in [0.717, 1.165) is 17.2 Å². The van der Waals surface area contributed by atoms with Gasteiger partial charge >= 0.3 is 0 Å². The molecule has 1 atom stereocenters. The molecule has 1 aliphatic heterocycles. The van der Waals surface area contributed by atoms with Gasteiger partial charge in [-0.1, -0.05) is 6.07 Å². The molecule has 1 aromatic rings. The van der Waals surface area contributed by atoms with E-state index in [2.05, 4.69) is 31.0 Å². The molecule has 2 rings (SSSR count). The number of hydrogen-bond acceptors (Lipinski definition) is 2. The van der Waals surface area contributed by atoms with E-state index in [4.69, 9.17) is 12.2 Å². The van der Waals surface area contributed by atoms with E-state index in [1.54, 1.807) is 12.1 Å². The number of rotatable bonds is 1. The van der Waals surface area contributed by atoms with Gasteiger partial charge in [-0.25, -0.2) is 0 Å². The summed E-state index contributed by atoms with van der Waals surface area (Å²) in [5.74, 6) is 0.266. The molecule has 17 heavy (non-hydrogen) atoms. The number of nitrogens with one attached hydrogen (secondary N) is 1. The molecule has 4 heteroatoms. The third kappa shape index (κ3) is 2.52. The van der Waals surface area contributed by atoms with Crippen molar-refractivity contribution in [1.82, 2.24) is 5.32 Å². The van der Waals surface area contributed by atoms with Crippen LogP contribution in [0.2, 0.25) is 0 Å². The molecule has 0 amide bonds. The fourth-order valence-electron chi connectivity index (χ4n) is 2.45. The standard InChI is InChI=1S/C13H18N2OS/c1-9-8-13(2,3)14-12(17)15(9)10-5-4-6-11(16)7-10/h4-7,9,16H,8H2,1-3H3,(H,14,17). The number of phenolic OH excluding ortho intramolecular Hbond substituents is 1. The summed E-state index contributed by atoms with van der Waals surface area (Å²) in [7, 11) is 0. The number of anilines is 1. The monoisotopic (exact) mass is 250 g/mol. The highest BCUT2D eigenvalue weighted by atomic mass is 32.1. The quantitative estimate of drug-likeness (QED) is 0.751. The van der Waals surface area contributed by atoms with Crippen LogP contribution in [0, 0.1) is 0 Å². The van der Waals surface area contributed by atoms with Gasteiger partial charge in [0.1, 0.15) is 5.75 Å². The number of phenols is 1. The van der Waals surface area contributed by atoms with Crippen LogP contribution >= 0.6 is 12.2 Å². The minimum Gasteiger partial charge on any atom is -0.508 e. The second kappa shape index (κ2) is 4.18. The Morgan fingerprint density at radius 2 is 2.18 bits per heavy atom. The Labute approximate surface area is 107 Å². The summed E-state index contributed by atoms with van der Waals surface area (Å²) < 4.78 is 0. The molecular formula is C13H18N2OS. The Kier molecular flexibility index (Phi) is 3.00. The fraction of sp³-hybridized carbons (Fsp3) is 0.462. The highest BCUT2D eigenvalue weighted by Crippen LogP contribution is 2.29. The molecular weight excluding hydrogens is 232 g/mol. The average Bonchev–Trinajstić information content (AvgIpc) is 2.13. The summed E-state index contributed by atoms with van der Waals surface area (Å²) in [6.07, 6.45) is 1.00. The van der Waals surface area contributed by atoms with E-state index in [0.29, 0.717) is 6.04 Å². The molecule has 0 radical (unpaired) electrons. The maximum atomic E-state index is 9.53. The van der Waals surface area contributed by atoms with E-state index in [-0.39, 0.29) is 11.3 Å². The van der Waals surface area contributed by atoms with Crippen LogP contribution in [0.5, 0.6) is 5.75 Å². The molecule has 1 aliphatic rings. The zero-order chi connectivity index (χ0) is 12.6. The van der Waals surface area contributed by atoms with Crippen molar-refractivity contribution in [3.8, 4) is 5.75 Å². The zero-order valence-corrected chi connectivity index (χ0v) is 11.2. The van der Waals surface area contributed by atoms with Crippen LogP contribution in [0.4, 0.5) is 5.69 Å². The average molecular weight is 250 g/mol. The largest absolute Gasteiger partial charge is 0.508 e. The van der Waals surface area contributed by atoms with Crippen molar-refractivity contribution in [3.63, 3.8) is 0 Å². The van der Waals surface area contributed by atoms with Crippen molar-refractivity contribution in [3.05, 3.63) is 24.3 Å². The van der Waals surface area contributed by atoms with Crippen LogP contribution in [-0.4, -0.2) is 21.8 Å². The molecule has 1 heterocycles.